The van der Waals surface area contributed by atoms with Gasteiger partial charge in [-0.2, -0.15) is 0 Å². The lowest BCUT2D eigenvalue weighted by Crippen LogP contribution is -2.44. The number of rotatable bonds is 6. The first-order valence-electron chi connectivity index (χ1n) is 9.45. The third-order valence-corrected chi connectivity index (χ3v) is 5.28. The number of nitrogens with zero attached hydrogens (tertiary/aromatic N) is 4. The van der Waals surface area contributed by atoms with Gasteiger partial charge in [-0.15, -0.1) is 0 Å². The van der Waals surface area contributed by atoms with Crippen LogP contribution in [0.2, 0.25) is 0 Å². The fourth-order valence-electron chi connectivity index (χ4n) is 3.80. The Kier molecular flexibility index (Phi) is 5.03. The van der Waals surface area contributed by atoms with Crippen LogP contribution in [0.3, 0.4) is 0 Å². The second-order valence-corrected chi connectivity index (χ2v) is 7.04. The zero-order valence-corrected chi connectivity index (χ0v) is 14.9. The fourth-order valence-corrected chi connectivity index (χ4v) is 3.80. The number of anilines is 1. The lowest BCUT2D eigenvalue weighted by Gasteiger charge is -2.26. The van der Waals surface area contributed by atoms with Crippen molar-refractivity contribution >= 4 is 17.0 Å². The van der Waals surface area contributed by atoms with Crippen LogP contribution in [0.4, 0.5) is 5.95 Å². The van der Waals surface area contributed by atoms with E-state index in [4.69, 9.17) is 4.74 Å². The van der Waals surface area contributed by atoms with E-state index in [1.54, 1.807) is 0 Å². The minimum Gasteiger partial charge on any atom is -0.739 e. The van der Waals surface area contributed by atoms with E-state index in [1.807, 2.05) is 12.1 Å². The second-order valence-electron chi connectivity index (χ2n) is 7.04. The van der Waals surface area contributed by atoms with Gasteiger partial charge in [0, 0.05) is 24.0 Å². The summed E-state index contributed by atoms with van der Waals surface area (Å²) >= 11 is 0. The summed E-state index contributed by atoms with van der Waals surface area (Å²) in [7, 11) is 0. The van der Waals surface area contributed by atoms with Crippen LogP contribution in [-0.4, -0.2) is 49.4 Å². The zero-order chi connectivity index (χ0) is 17.9. The number of nitrogens with one attached hydrogen (secondary N) is 1. The lowest BCUT2D eigenvalue weighted by molar-refractivity contribution is -0.672. The maximum Gasteiger partial charge on any atom is 0.460 e. The summed E-state index contributed by atoms with van der Waals surface area (Å²) < 4.78 is 6.09. The van der Waals surface area contributed by atoms with Crippen LogP contribution in [0, 0.1) is 10.4 Å². The minimum atomic E-state index is 0.0804. The number of aryl methyl sites for hydroxylation is 2. The average Bonchev–Trinajstić information content (AvgIpc) is 3.12. The van der Waals surface area contributed by atoms with Gasteiger partial charge in [-0.05, 0) is 55.8 Å². The number of aromatic nitrogens is 3. The Bertz CT molecular complexity index is 792. The molecule has 0 amide bonds. The standard InChI is InChI=1S/C18H25N5O3/c24-22-16-12-14-4-3-5-15(14)13-17(16)23(25)20-18(22)19-6-1-2-7-21-8-10-26-11-9-21/h12-13H,1-11H2,(H,19,20). The Morgan fingerprint density at radius 2 is 1.81 bits per heavy atom. The molecule has 140 valence electrons. The monoisotopic (exact) mass is 359 g/mol. The number of hydrogen-bond donors (Lipinski definition) is 1. The molecule has 0 spiro atoms. The van der Waals surface area contributed by atoms with Crippen molar-refractivity contribution < 1.29 is 14.3 Å². The molecule has 1 aliphatic heterocycles. The van der Waals surface area contributed by atoms with Gasteiger partial charge in [0.25, 0.3) is 5.52 Å². The molecule has 2 aliphatic rings. The van der Waals surface area contributed by atoms with E-state index in [1.165, 1.54) is 5.56 Å². The molecule has 1 aromatic carbocycles. The van der Waals surface area contributed by atoms with Crippen LogP contribution >= 0.6 is 0 Å². The summed E-state index contributed by atoms with van der Waals surface area (Å²) in [6, 6.07) is 3.67. The number of hydrogen-bond acceptors (Lipinski definition) is 6. The highest BCUT2D eigenvalue weighted by molar-refractivity contribution is 5.71. The highest BCUT2D eigenvalue weighted by atomic mass is 16.5. The molecule has 0 radical (unpaired) electrons. The van der Waals surface area contributed by atoms with Crippen molar-refractivity contribution in [1.29, 1.82) is 0 Å². The normalized spacial score (nSPS) is 17.5. The molecule has 0 unspecified atom stereocenters. The number of unbranched alkanes of at least 4 members (excludes halogenated alkanes) is 1. The van der Waals surface area contributed by atoms with Gasteiger partial charge in [-0.1, -0.05) is 0 Å². The van der Waals surface area contributed by atoms with Gasteiger partial charge in [-0.25, -0.2) is 4.73 Å². The van der Waals surface area contributed by atoms with Crippen molar-refractivity contribution in [2.75, 3.05) is 44.7 Å². The van der Waals surface area contributed by atoms with E-state index in [-0.39, 0.29) is 5.95 Å². The van der Waals surface area contributed by atoms with Crippen LogP contribution in [-0.2, 0) is 17.6 Å². The van der Waals surface area contributed by atoms with Crippen LogP contribution < -0.4 is 14.9 Å². The minimum absolute atomic E-state index is 0.0804. The molecule has 26 heavy (non-hydrogen) atoms. The molecule has 0 bridgehead atoms. The van der Waals surface area contributed by atoms with Crippen molar-refractivity contribution in [3.63, 3.8) is 0 Å². The highest BCUT2D eigenvalue weighted by Crippen LogP contribution is 2.24. The maximum atomic E-state index is 12.6. The summed E-state index contributed by atoms with van der Waals surface area (Å²) in [5, 5.41) is 31.8. The van der Waals surface area contributed by atoms with Gasteiger partial charge in [0.05, 0.1) is 19.8 Å². The van der Waals surface area contributed by atoms with Crippen molar-refractivity contribution in [3.05, 3.63) is 33.7 Å². The molecule has 1 fully saturated rings. The SMILES string of the molecule is [O-][n+]1nc(NCCCCN2CCOCC2)[n+]([O-])c2cc3c(cc21)CCC3. The van der Waals surface area contributed by atoms with Crippen molar-refractivity contribution in [2.24, 2.45) is 0 Å². The van der Waals surface area contributed by atoms with E-state index in [9.17, 15) is 10.4 Å². The molecule has 8 heteroatoms. The van der Waals surface area contributed by atoms with Gasteiger partial charge >= 0.3 is 5.95 Å². The summed E-state index contributed by atoms with van der Waals surface area (Å²) in [4.78, 5) is 2.95. The average molecular weight is 359 g/mol. The highest BCUT2D eigenvalue weighted by Gasteiger charge is 2.23. The van der Waals surface area contributed by atoms with Crippen LogP contribution in [0.15, 0.2) is 12.1 Å². The number of ether oxygens (including phenoxy) is 1. The Labute approximate surface area is 152 Å². The fraction of sp³-hybridized carbons (Fsp3) is 0.611. The molecule has 1 aliphatic carbocycles. The molecular weight excluding hydrogens is 334 g/mol. The maximum absolute atomic E-state index is 12.6. The molecule has 1 saturated heterocycles. The first-order chi connectivity index (χ1) is 12.7. The number of fused-ring (bicyclic) bond motifs is 2. The predicted octanol–water partition coefficient (Wildman–Crippen LogP) is 0.515. The van der Waals surface area contributed by atoms with Crippen molar-refractivity contribution in [2.45, 2.75) is 32.1 Å². The van der Waals surface area contributed by atoms with E-state index >= 15 is 0 Å². The topological polar surface area (TPSA) is 91.3 Å². The Balaban J connectivity index is 1.38. The smallest absolute Gasteiger partial charge is 0.460 e. The van der Waals surface area contributed by atoms with E-state index in [2.05, 4.69) is 15.3 Å². The molecule has 4 rings (SSSR count). The van der Waals surface area contributed by atoms with E-state index in [0.717, 1.165) is 75.2 Å². The Morgan fingerprint density at radius 3 is 2.58 bits per heavy atom. The van der Waals surface area contributed by atoms with Gasteiger partial charge in [0.1, 0.15) is 0 Å². The molecule has 8 nitrogen and oxygen atoms in total. The van der Waals surface area contributed by atoms with Crippen molar-refractivity contribution in [3.8, 4) is 0 Å². The molecule has 0 atom stereocenters. The first-order valence-corrected chi connectivity index (χ1v) is 9.45. The van der Waals surface area contributed by atoms with Gasteiger partial charge in [0.15, 0.2) is 5.52 Å². The summed E-state index contributed by atoms with van der Waals surface area (Å²) in [5.74, 6) is 0.0804. The lowest BCUT2D eigenvalue weighted by atomic mass is 10.1. The van der Waals surface area contributed by atoms with E-state index in [0.29, 0.717) is 22.4 Å². The number of morpholine rings is 1. The molecule has 0 saturated carbocycles. The molecule has 2 aromatic rings. The van der Waals surface area contributed by atoms with Crippen LogP contribution in [0.25, 0.3) is 11.0 Å². The van der Waals surface area contributed by atoms with Crippen molar-refractivity contribution in [1.82, 2.24) is 10.00 Å². The third-order valence-electron chi connectivity index (χ3n) is 5.28. The van der Waals surface area contributed by atoms with Gasteiger partial charge < -0.3 is 15.2 Å². The number of benzene rings is 1. The summed E-state index contributed by atoms with van der Waals surface area (Å²) in [6.07, 6.45) is 4.96. The van der Waals surface area contributed by atoms with Crippen LogP contribution in [0.5, 0.6) is 0 Å². The third kappa shape index (κ3) is 3.52. The first kappa shape index (κ1) is 17.2. The predicted molar refractivity (Wildman–Crippen MR) is 96.7 cm³/mol. The van der Waals surface area contributed by atoms with Gasteiger partial charge in [-0.3, -0.25) is 10.2 Å². The summed E-state index contributed by atoms with van der Waals surface area (Å²) in [5.41, 5.74) is 3.07. The van der Waals surface area contributed by atoms with Crippen LogP contribution in [0.1, 0.15) is 30.4 Å². The zero-order valence-electron chi connectivity index (χ0n) is 14.9. The molecular formula is C18H25N5O3. The summed E-state index contributed by atoms with van der Waals surface area (Å²) in [6.45, 7) is 5.24. The molecule has 1 aromatic heterocycles. The van der Waals surface area contributed by atoms with Gasteiger partial charge in [0.2, 0.25) is 5.10 Å². The Hall–Kier alpha value is -2.19. The Morgan fingerprint density at radius 1 is 1.08 bits per heavy atom. The quantitative estimate of drug-likeness (QED) is 0.459. The van der Waals surface area contributed by atoms with E-state index < -0.39 is 0 Å². The largest absolute Gasteiger partial charge is 0.739 e. The molecule has 2 heterocycles. The molecule has 1 N–H and O–H groups in total. The second kappa shape index (κ2) is 7.59.